The maximum absolute atomic E-state index is 13.7. The Kier molecular flexibility index (Phi) is 5.56. The van der Waals surface area contributed by atoms with Crippen molar-refractivity contribution in [2.75, 3.05) is 26.9 Å². The molecule has 0 spiro atoms. The van der Waals surface area contributed by atoms with Gasteiger partial charge in [0, 0.05) is 39.1 Å². The van der Waals surface area contributed by atoms with Crippen LogP contribution in [-0.4, -0.2) is 43.7 Å². The molecule has 5 heteroatoms. The lowest BCUT2D eigenvalue weighted by molar-refractivity contribution is -0.165. The van der Waals surface area contributed by atoms with Crippen LogP contribution in [0.4, 0.5) is 4.39 Å². The van der Waals surface area contributed by atoms with Gasteiger partial charge in [-0.2, -0.15) is 0 Å². The number of benzene rings is 1. The molecule has 1 aromatic carbocycles. The third-order valence-corrected chi connectivity index (χ3v) is 4.02. The lowest BCUT2D eigenvalue weighted by Crippen LogP contribution is -2.50. The van der Waals surface area contributed by atoms with Gasteiger partial charge in [0.05, 0.1) is 18.8 Å². The van der Waals surface area contributed by atoms with Crippen molar-refractivity contribution in [1.29, 1.82) is 0 Å². The average molecular weight is 298 g/mol. The van der Waals surface area contributed by atoms with E-state index >= 15 is 0 Å². The molecule has 0 aromatic heterocycles. The maximum Gasteiger partial charge on any atom is 0.165 e. The molecule has 1 heterocycles. The summed E-state index contributed by atoms with van der Waals surface area (Å²) in [5.41, 5.74) is 0.134. The van der Waals surface area contributed by atoms with Crippen molar-refractivity contribution >= 4 is 0 Å². The number of rotatable bonds is 6. The predicted molar refractivity (Wildman–Crippen MR) is 77.1 cm³/mol. The normalized spacial score (nSPS) is 19.2. The van der Waals surface area contributed by atoms with Gasteiger partial charge in [-0.05, 0) is 24.6 Å². The first-order chi connectivity index (χ1) is 10.1. The van der Waals surface area contributed by atoms with E-state index in [1.54, 1.807) is 12.1 Å². The molecule has 1 unspecified atom stereocenters. The number of hydrogen-bond acceptors (Lipinski definition) is 4. The van der Waals surface area contributed by atoms with Gasteiger partial charge in [0.2, 0.25) is 0 Å². The van der Waals surface area contributed by atoms with Crippen molar-refractivity contribution < 1.29 is 23.7 Å². The SMILES string of the molecule is CCOC1(C(O)Cc2ccc(OC)c(F)c2)CCOCC1. The highest BCUT2D eigenvalue weighted by Gasteiger charge is 2.40. The fourth-order valence-electron chi connectivity index (χ4n) is 2.82. The van der Waals surface area contributed by atoms with E-state index in [9.17, 15) is 9.50 Å². The summed E-state index contributed by atoms with van der Waals surface area (Å²) in [5.74, 6) is -0.210. The van der Waals surface area contributed by atoms with Crippen LogP contribution in [0.2, 0.25) is 0 Å². The van der Waals surface area contributed by atoms with Crippen LogP contribution in [0.25, 0.3) is 0 Å². The molecule has 1 saturated heterocycles. The van der Waals surface area contributed by atoms with E-state index in [4.69, 9.17) is 14.2 Å². The molecule has 1 aliphatic heterocycles. The number of aliphatic hydroxyl groups excluding tert-OH is 1. The molecule has 0 bridgehead atoms. The smallest absolute Gasteiger partial charge is 0.165 e. The van der Waals surface area contributed by atoms with E-state index in [1.807, 2.05) is 6.92 Å². The Morgan fingerprint density at radius 3 is 2.67 bits per heavy atom. The van der Waals surface area contributed by atoms with Gasteiger partial charge in [-0.15, -0.1) is 0 Å². The van der Waals surface area contributed by atoms with E-state index < -0.39 is 17.5 Å². The van der Waals surface area contributed by atoms with Crippen molar-refractivity contribution in [2.45, 2.75) is 37.9 Å². The van der Waals surface area contributed by atoms with Gasteiger partial charge >= 0.3 is 0 Å². The molecule has 1 aromatic rings. The molecule has 1 fully saturated rings. The molecule has 0 saturated carbocycles. The van der Waals surface area contributed by atoms with E-state index in [0.717, 1.165) is 5.56 Å². The lowest BCUT2D eigenvalue weighted by atomic mass is 9.84. The first-order valence-electron chi connectivity index (χ1n) is 7.33. The molecule has 0 radical (unpaired) electrons. The Hall–Kier alpha value is -1.17. The molecule has 0 aliphatic carbocycles. The van der Waals surface area contributed by atoms with Gasteiger partial charge in [0.15, 0.2) is 11.6 Å². The molecule has 4 nitrogen and oxygen atoms in total. The highest BCUT2D eigenvalue weighted by Crippen LogP contribution is 2.31. The van der Waals surface area contributed by atoms with E-state index in [1.165, 1.54) is 13.2 Å². The summed E-state index contributed by atoms with van der Waals surface area (Å²) in [5, 5.41) is 10.6. The Labute approximate surface area is 124 Å². The first kappa shape index (κ1) is 16.2. The summed E-state index contributed by atoms with van der Waals surface area (Å²) in [6.45, 7) is 3.60. The highest BCUT2D eigenvalue weighted by molar-refractivity contribution is 5.29. The number of aliphatic hydroxyl groups is 1. The van der Waals surface area contributed by atoms with Gasteiger partial charge in [-0.1, -0.05) is 6.07 Å². The summed E-state index contributed by atoms with van der Waals surface area (Å²) in [6.07, 6.45) is 0.969. The van der Waals surface area contributed by atoms with Crippen LogP contribution in [0.1, 0.15) is 25.3 Å². The second-order valence-electron chi connectivity index (χ2n) is 5.30. The second-order valence-corrected chi connectivity index (χ2v) is 5.30. The van der Waals surface area contributed by atoms with Crippen LogP contribution in [0, 0.1) is 5.82 Å². The Morgan fingerprint density at radius 2 is 2.10 bits per heavy atom. The van der Waals surface area contributed by atoms with E-state index in [-0.39, 0.29) is 5.75 Å². The summed E-state index contributed by atoms with van der Waals surface area (Å²) in [4.78, 5) is 0. The van der Waals surface area contributed by atoms with Crippen molar-refractivity contribution in [3.8, 4) is 5.75 Å². The molecule has 118 valence electrons. The third kappa shape index (κ3) is 3.73. The van der Waals surface area contributed by atoms with Crippen molar-refractivity contribution in [3.63, 3.8) is 0 Å². The standard InChI is InChI=1S/C16H23FO4/c1-3-21-16(6-8-20-9-7-16)15(18)11-12-4-5-14(19-2)13(17)10-12/h4-5,10,15,18H,3,6-9,11H2,1-2H3. The third-order valence-electron chi connectivity index (χ3n) is 4.02. The number of hydrogen-bond donors (Lipinski definition) is 1. The number of halogens is 1. The van der Waals surface area contributed by atoms with Crippen LogP contribution in [0.15, 0.2) is 18.2 Å². The Balaban J connectivity index is 2.11. The van der Waals surface area contributed by atoms with Gasteiger partial charge in [-0.3, -0.25) is 0 Å². The first-order valence-corrected chi connectivity index (χ1v) is 7.33. The quantitative estimate of drug-likeness (QED) is 0.875. The lowest BCUT2D eigenvalue weighted by Gasteiger charge is -2.40. The average Bonchev–Trinajstić information content (AvgIpc) is 2.48. The monoisotopic (exact) mass is 298 g/mol. The second kappa shape index (κ2) is 7.20. The predicted octanol–water partition coefficient (Wildman–Crippen LogP) is 2.32. The minimum Gasteiger partial charge on any atom is -0.494 e. The van der Waals surface area contributed by atoms with Crippen molar-refractivity contribution in [3.05, 3.63) is 29.6 Å². The van der Waals surface area contributed by atoms with Crippen LogP contribution in [-0.2, 0) is 15.9 Å². The molecule has 1 aliphatic rings. The number of methoxy groups -OCH3 is 1. The van der Waals surface area contributed by atoms with Gasteiger partial charge in [0.1, 0.15) is 0 Å². The van der Waals surface area contributed by atoms with Crippen molar-refractivity contribution in [2.24, 2.45) is 0 Å². The summed E-state index contributed by atoms with van der Waals surface area (Å²) in [7, 11) is 1.43. The van der Waals surface area contributed by atoms with Crippen LogP contribution >= 0.6 is 0 Å². The minimum absolute atomic E-state index is 0.207. The van der Waals surface area contributed by atoms with Gasteiger partial charge in [0.25, 0.3) is 0 Å². The summed E-state index contributed by atoms with van der Waals surface area (Å²) >= 11 is 0. The molecule has 2 rings (SSSR count). The topological polar surface area (TPSA) is 47.9 Å². The molecule has 21 heavy (non-hydrogen) atoms. The largest absolute Gasteiger partial charge is 0.494 e. The number of ether oxygens (including phenoxy) is 3. The fourth-order valence-corrected chi connectivity index (χ4v) is 2.82. The Bertz CT molecular complexity index is 452. The highest BCUT2D eigenvalue weighted by atomic mass is 19.1. The molecule has 1 atom stereocenters. The fraction of sp³-hybridized carbons (Fsp3) is 0.625. The Morgan fingerprint density at radius 1 is 1.38 bits per heavy atom. The van der Waals surface area contributed by atoms with E-state index in [0.29, 0.717) is 39.1 Å². The maximum atomic E-state index is 13.7. The van der Waals surface area contributed by atoms with Gasteiger partial charge in [-0.25, -0.2) is 4.39 Å². The van der Waals surface area contributed by atoms with E-state index in [2.05, 4.69) is 0 Å². The van der Waals surface area contributed by atoms with Crippen LogP contribution < -0.4 is 4.74 Å². The zero-order valence-electron chi connectivity index (χ0n) is 12.6. The molecular formula is C16H23FO4. The van der Waals surface area contributed by atoms with Crippen LogP contribution in [0.3, 0.4) is 0 Å². The summed E-state index contributed by atoms with van der Waals surface area (Å²) < 4.78 is 29.8. The zero-order chi connectivity index (χ0) is 15.3. The minimum atomic E-state index is -0.686. The molecule has 0 amide bonds. The molecule has 1 N–H and O–H groups in total. The zero-order valence-corrected chi connectivity index (χ0v) is 12.6. The van der Waals surface area contributed by atoms with Gasteiger partial charge < -0.3 is 19.3 Å². The summed E-state index contributed by atoms with van der Waals surface area (Å²) in [6, 6.07) is 4.75. The molecular weight excluding hydrogens is 275 g/mol. The van der Waals surface area contributed by atoms with Crippen molar-refractivity contribution in [1.82, 2.24) is 0 Å². The van der Waals surface area contributed by atoms with Crippen LogP contribution in [0.5, 0.6) is 5.75 Å².